The Morgan fingerprint density at radius 1 is 1.46 bits per heavy atom. The van der Waals surface area contributed by atoms with E-state index < -0.39 is 5.97 Å². The van der Waals surface area contributed by atoms with E-state index in [-0.39, 0.29) is 12.6 Å². The molecule has 0 heterocycles. The summed E-state index contributed by atoms with van der Waals surface area (Å²) in [6.45, 7) is 4.22. The third-order valence-corrected chi connectivity index (χ3v) is 1.38. The first-order chi connectivity index (χ1) is 5.93. The molecule has 0 saturated carbocycles. The minimum Gasteiger partial charge on any atom is -0.480 e. The van der Waals surface area contributed by atoms with E-state index in [2.05, 4.69) is 5.32 Å². The molecule has 0 bridgehead atoms. The van der Waals surface area contributed by atoms with Gasteiger partial charge in [-0.1, -0.05) is 13.8 Å². The summed E-state index contributed by atoms with van der Waals surface area (Å²) in [5.41, 5.74) is 0. The average Bonchev–Trinajstić information content (AvgIpc) is 1.98. The number of hydrogen-bond acceptors (Lipinski definition) is 2. The van der Waals surface area contributed by atoms with Crippen LogP contribution in [0.1, 0.15) is 13.8 Å². The average molecular weight is 188 g/mol. The number of carbonyl (C=O) groups excluding carboxylic acids is 1. The van der Waals surface area contributed by atoms with Gasteiger partial charge in [0.2, 0.25) is 0 Å². The number of carboxylic acids is 1. The summed E-state index contributed by atoms with van der Waals surface area (Å²) < 4.78 is 0. The van der Waals surface area contributed by atoms with Crippen LogP contribution in [0.15, 0.2) is 0 Å². The van der Waals surface area contributed by atoms with E-state index in [1.165, 1.54) is 7.05 Å². The zero-order valence-corrected chi connectivity index (χ0v) is 8.20. The van der Waals surface area contributed by atoms with Crippen molar-refractivity contribution in [2.24, 2.45) is 5.92 Å². The fourth-order valence-electron chi connectivity index (χ4n) is 0.701. The van der Waals surface area contributed by atoms with Crippen molar-refractivity contribution in [2.75, 3.05) is 20.1 Å². The van der Waals surface area contributed by atoms with Crippen molar-refractivity contribution in [3.63, 3.8) is 0 Å². The minimum absolute atomic E-state index is 0.274. The van der Waals surface area contributed by atoms with Gasteiger partial charge in [0.15, 0.2) is 0 Å². The quantitative estimate of drug-likeness (QED) is 0.669. The molecule has 0 rings (SSSR count). The monoisotopic (exact) mass is 188 g/mol. The van der Waals surface area contributed by atoms with Gasteiger partial charge >= 0.3 is 12.0 Å². The smallest absolute Gasteiger partial charge is 0.323 e. The number of urea groups is 1. The molecule has 5 nitrogen and oxygen atoms in total. The fourth-order valence-corrected chi connectivity index (χ4v) is 0.701. The molecule has 0 aromatic heterocycles. The van der Waals surface area contributed by atoms with Gasteiger partial charge in [0.1, 0.15) is 6.54 Å². The Hall–Kier alpha value is -1.26. The first-order valence-corrected chi connectivity index (χ1v) is 4.14. The standard InChI is InChI=1S/C8H16N2O3/c1-6(2)4-9-8(13)10(3)5-7(11)12/h6H,4-5H2,1-3H3,(H,9,13)(H,11,12). The van der Waals surface area contributed by atoms with E-state index in [0.717, 1.165) is 4.90 Å². The van der Waals surface area contributed by atoms with Gasteiger partial charge in [0.05, 0.1) is 0 Å². The van der Waals surface area contributed by atoms with Gasteiger partial charge in [-0.25, -0.2) is 4.79 Å². The van der Waals surface area contributed by atoms with Gasteiger partial charge in [-0.05, 0) is 5.92 Å². The predicted octanol–water partition coefficient (Wildman–Crippen LogP) is 0.368. The van der Waals surface area contributed by atoms with E-state index in [1.54, 1.807) is 0 Å². The third-order valence-electron chi connectivity index (χ3n) is 1.38. The van der Waals surface area contributed by atoms with Crippen LogP contribution in [0.3, 0.4) is 0 Å². The van der Waals surface area contributed by atoms with Crippen molar-refractivity contribution in [3.8, 4) is 0 Å². The number of likely N-dealkylation sites (N-methyl/N-ethyl adjacent to an activating group) is 1. The minimum atomic E-state index is -1.01. The lowest BCUT2D eigenvalue weighted by molar-refractivity contribution is -0.137. The van der Waals surface area contributed by atoms with Crippen molar-refractivity contribution in [3.05, 3.63) is 0 Å². The molecule has 0 aliphatic carbocycles. The largest absolute Gasteiger partial charge is 0.480 e. The summed E-state index contributed by atoms with van der Waals surface area (Å²) in [6.07, 6.45) is 0. The number of nitrogens with one attached hydrogen (secondary N) is 1. The zero-order chi connectivity index (χ0) is 10.4. The molecule has 0 aliphatic rings. The Bertz CT molecular complexity index is 192. The number of amides is 2. The normalized spacial score (nSPS) is 9.85. The van der Waals surface area contributed by atoms with Crippen molar-refractivity contribution >= 4 is 12.0 Å². The third kappa shape index (κ3) is 5.95. The number of carbonyl (C=O) groups is 2. The maximum Gasteiger partial charge on any atom is 0.323 e. The van der Waals surface area contributed by atoms with Crippen molar-refractivity contribution in [2.45, 2.75) is 13.8 Å². The maximum absolute atomic E-state index is 11.1. The molecule has 0 aromatic carbocycles. The summed E-state index contributed by atoms with van der Waals surface area (Å²) in [6, 6.07) is -0.351. The summed E-state index contributed by atoms with van der Waals surface area (Å²) >= 11 is 0. The Balaban J connectivity index is 3.76. The Kier molecular flexibility index (Phi) is 4.87. The van der Waals surface area contributed by atoms with Crippen LogP contribution in [-0.4, -0.2) is 42.1 Å². The molecule has 0 radical (unpaired) electrons. The lowest BCUT2D eigenvalue weighted by Crippen LogP contribution is -2.41. The van der Waals surface area contributed by atoms with Crippen LogP contribution in [0, 0.1) is 5.92 Å². The van der Waals surface area contributed by atoms with Crippen molar-refractivity contribution < 1.29 is 14.7 Å². The molecule has 5 heteroatoms. The molecule has 0 aromatic rings. The highest BCUT2D eigenvalue weighted by atomic mass is 16.4. The first-order valence-electron chi connectivity index (χ1n) is 4.14. The van der Waals surface area contributed by atoms with E-state index in [4.69, 9.17) is 5.11 Å². The van der Waals surface area contributed by atoms with Crippen LogP contribution in [0.5, 0.6) is 0 Å². The Morgan fingerprint density at radius 3 is 2.38 bits per heavy atom. The molecular weight excluding hydrogens is 172 g/mol. The fraction of sp³-hybridized carbons (Fsp3) is 0.750. The van der Waals surface area contributed by atoms with Crippen molar-refractivity contribution in [1.82, 2.24) is 10.2 Å². The lowest BCUT2D eigenvalue weighted by Gasteiger charge is -2.16. The van der Waals surface area contributed by atoms with Crippen LogP contribution in [-0.2, 0) is 4.79 Å². The Morgan fingerprint density at radius 2 is 2.00 bits per heavy atom. The summed E-state index contributed by atoms with van der Waals surface area (Å²) in [5, 5.41) is 11.0. The molecule has 76 valence electrons. The van der Waals surface area contributed by atoms with E-state index in [1.807, 2.05) is 13.8 Å². The van der Waals surface area contributed by atoms with Crippen molar-refractivity contribution in [1.29, 1.82) is 0 Å². The summed E-state index contributed by atoms with van der Waals surface area (Å²) in [4.78, 5) is 22.5. The van der Waals surface area contributed by atoms with E-state index in [9.17, 15) is 9.59 Å². The molecule has 0 atom stereocenters. The van der Waals surface area contributed by atoms with Gasteiger partial charge in [-0.15, -0.1) is 0 Å². The van der Waals surface area contributed by atoms with Crippen LogP contribution in [0.4, 0.5) is 4.79 Å². The summed E-state index contributed by atoms with van der Waals surface area (Å²) in [7, 11) is 1.45. The second-order valence-corrected chi connectivity index (χ2v) is 3.33. The second kappa shape index (κ2) is 5.40. The van der Waals surface area contributed by atoms with Crippen LogP contribution < -0.4 is 5.32 Å². The molecule has 0 saturated heterocycles. The SMILES string of the molecule is CC(C)CNC(=O)N(C)CC(=O)O. The first kappa shape index (κ1) is 11.7. The number of carboxylic acid groups (broad SMARTS) is 1. The molecule has 0 aliphatic heterocycles. The highest BCUT2D eigenvalue weighted by Gasteiger charge is 2.10. The van der Waals surface area contributed by atoms with E-state index >= 15 is 0 Å². The molecule has 2 amide bonds. The van der Waals surface area contributed by atoms with Gasteiger partial charge in [0, 0.05) is 13.6 Å². The zero-order valence-electron chi connectivity index (χ0n) is 8.20. The topological polar surface area (TPSA) is 69.6 Å². The Labute approximate surface area is 77.7 Å². The molecular formula is C8H16N2O3. The highest BCUT2D eigenvalue weighted by molar-refractivity contribution is 5.79. The van der Waals surface area contributed by atoms with Gasteiger partial charge in [-0.3, -0.25) is 4.79 Å². The van der Waals surface area contributed by atoms with Gasteiger partial charge in [0.25, 0.3) is 0 Å². The van der Waals surface area contributed by atoms with E-state index in [0.29, 0.717) is 12.5 Å². The molecule has 2 N–H and O–H groups in total. The molecule has 0 spiro atoms. The number of nitrogens with zero attached hydrogens (tertiary/aromatic N) is 1. The van der Waals surface area contributed by atoms with Crippen LogP contribution in [0.25, 0.3) is 0 Å². The molecule has 0 fully saturated rings. The van der Waals surface area contributed by atoms with Gasteiger partial charge in [-0.2, -0.15) is 0 Å². The van der Waals surface area contributed by atoms with Gasteiger partial charge < -0.3 is 15.3 Å². The second-order valence-electron chi connectivity index (χ2n) is 3.33. The highest BCUT2D eigenvalue weighted by Crippen LogP contribution is 1.89. The molecule has 13 heavy (non-hydrogen) atoms. The lowest BCUT2D eigenvalue weighted by atomic mass is 10.2. The number of hydrogen-bond donors (Lipinski definition) is 2. The number of aliphatic carboxylic acids is 1. The number of rotatable bonds is 4. The van der Waals surface area contributed by atoms with Crippen LogP contribution >= 0.6 is 0 Å². The summed E-state index contributed by atoms with van der Waals surface area (Å²) in [5.74, 6) is -0.649. The molecule has 0 unspecified atom stereocenters. The van der Waals surface area contributed by atoms with Crippen LogP contribution in [0.2, 0.25) is 0 Å². The predicted molar refractivity (Wildman–Crippen MR) is 48.5 cm³/mol. The maximum atomic E-state index is 11.1.